The van der Waals surface area contributed by atoms with Crippen molar-refractivity contribution in [2.24, 2.45) is 4.99 Å². The molecule has 0 spiro atoms. The molecule has 142 valence electrons. The van der Waals surface area contributed by atoms with E-state index in [-0.39, 0.29) is 0 Å². The molecule has 1 rings (SSSR count). The largest absolute Gasteiger partial charge is 0.497 e. The summed E-state index contributed by atoms with van der Waals surface area (Å²) in [6.45, 7) is 7.11. The van der Waals surface area contributed by atoms with E-state index in [0.717, 1.165) is 42.5 Å². The van der Waals surface area contributed by atoms with E-state index in [9.17, 15) is 0 Å². The van der Waals surface area contributed by atoms with Gasteiger partial charge in [-0.05, 0) is 52.4 Å². The van der Waals surface area contributed by atoms with Gasteiger partial charge in [-0.1, -0.05) is 0 Å². The predicted octanol–water partition coefficient (Wildman–Crippen LogP) is 2.49. The Morgan fingerprint density at radius 2 is 1.92 bits per heavy atom. The van der Waals surface area contributed by atoms with Crippen LogP contribution in [0.2, 0.25) is 0 Å². The molecule has 0 radical (unpaired) electrons. The van der Waals surface area contributed by atoms with Crippen LogP contribution in [0.25, 0.3) is 0 Å². The monoisotopic (exact) mass is 350 g/mol. The van der Waals surface area contributed by atoms with Gasteiger partial charge in [0.15, 0.2) is 5.96 Å². The summed E-state index contributed by atoms with van der Waals surface area (Å²) in [4.78, 5) is 6.64. The maximum atomic E-state index is 5.42. The van der Waals surface area contributed by atoms with Crippen LogP contribution in [-0.4, -0.2) is 58.3 Å². The number of methoxy groups -OCH3 is 2. The molecule has 1 aromatic carbocycles. The van der Waals surface area contributed by atoms with Crippen molar-refractivity contribution in [3.05, 3.63) is 23.8 Å². The van der Waals surface area contributed by atoms with Gasteiger partial charge in [-0.2, -0.15) is 0 Å². The minimum atomic E-state index is 0.599. The van der Waals surface area contributed by atoms with Crippen molar-refractivity contribution in [1.29, 1.82) is 0 Å². The normalized spacial score (nSPS) is 11.8. The van der Waals surface area contributed by atoms with Gasteiger partial charge in [0.25, 0.3) is 0 Å². The molecule has 1 aromatic rings. The highest BCUT2D eigenvalue weighted by Gasteiger charge is 2.06. The van der Waals surface area contributed by atoms with Gasteiger partial charge < -0.3 is 25.0 Å². The van der Waals surface area contributed by atoms with Crippen LogP contribution in [-0.2, 0) is 6.54 Å². The van der Waals surface area contributed by atoms with Crippen molar-refractivity contribution < 1.29 is 9.47 Å². The number of ether oxygens (including phenoxy) is 2. The zero-order valence-electron chi connectivity index (χ0n) is 16.6. The highest BCUT2D eigenvalue weighted by molar-refractivity contribution is 5.79. The Hall–Kier alpha value is -1.95. The maximum absolute atomic E-state index is 5.42. The fraction of sp³-hybridized carbons (Fsp3) is 0.632. The summed E-state index contributed by atoms with van der Waals surface area (Å²) >= 11 is 0. The SMILES string of the molecule is CN=C(NCCCCN(C)C(C)C)NCc1ccc(OC)cc1OC. The lowest BCUT2D eigenvalue weighted by Crippen LogP contribution is -2.37. The van der Waals surface area contributed by atoms with Crippen molar-refractivity contribution in [3.8, 4) is 11.5 Å². The molecule has 0 aliphatic carbocycles. The second-order valence-corrected chi connectivity index (χ2v) is 6.31. The summed E-state index contributed by atoms with van der Waals surface area (Å²) in [6, 6.07) is 6.42. The molecular formula is C19H34N4O2. The number of aliphatic imine (C=N–C) groups is 1. The minimum absolute atomic E-state index is 0.599. The quantitative estimate of drug-likeness (QED) is 0.386. The molecule has 0 aromatic heterocycles. The topological polar surface area (TPSA) is 58.1 Å². The molecule has 0 aliphatic heterocycles. The van der Waals surface area contributed by atoms with E-state index in [1.165, 1.54) is 6.42 Å². The first-order valence-electron chi connectivity index (χ1n) is 8.87. The zero-order chi connectivity index (χ0) is 18.7. The van der Waals surface area contributed by atoms with Crippen LogP contribution >= 0.6 is 0 Å². The van der Waals surface area contributed by atoms with Gasteiger partial charge in [0.05, 0.1) is 14.2 Å². The van der Waals surface area contributed by atoms with E-state index >= 15 is 0 Å². The number of rotatable bonds is 10. The van der Waals surface area contributed by atoms with Crippen molar-refractivity contribution >= 4 is 5.96 Å². The minimum Gasteiger partial charge on any atom is -0.497 e. The second-order valence-electron chi connectivity index (χ2n) is 6.31. The van der Waals surface area contributed by atoms with Gasteiger partial charge in [0.1, 0.15) is 11.5 Å². The lowest BCUT2D eigenvalue weighted by atomic mass is 10.2. The predicted molar refractivity (Wildman–Crippen MR) is 105 cm³/mol. The first-order valence-corrected chi connectivity index (χ1v) is 8.87. The molecule has 6 nitrogen and oxygen atoms in total. The Balaban J connectivity index is 2.37. The fourth-order valence-corrected chi connectivity index (χ4v) is 2.35. The van der Waals surface area contributed by atoms with Gasteiger partial charge in [-0.15, -0.1) is 0 Å². The van der Waals surface area contributed by atoms with Crippen LogP contribution in [0.5, 0.6) is 11.5 Å². The van der Waals surface area contributed by atoms with Crippen LogP contribution in [0.4, 0.5) is 0 Å². The van der Waals surface area contributed by atoms with Gasteiger partial charge >= 0.3 is 0 Å². The van der Waals surface area contributed by atoms with Gasteiger partial charge in [-0.25, -0.2) is 0 Å². The molecule has 0 unspecified atom stereocenters. The summed E-state index contributed by atoms with van der Waals surface area (Å²) in [5.74, 6) is 2.39. The van der Waals surface area contributed by atoms with Gasteiger partial charge in [0.2, 0.25) is 0 Å². The van der Waals surface area contributed by atoms with Crippen molar-refractivity contribution in [3.63, 3.8) is 0 Å². The number of guanidine groups is 1. The van der Waals surface area contributed by atoms with Gasteiger partial charge in [0, 0.05) is 37.8 Å². The van der Waals surface area contributed by atoms with Crippen molar-refractivity contribution in [2.45, 2.75) is 39.3 Å². The van der Waals surface area contributed by atoms with E-state index < -0.39 is 0 Å². The van der Waals surface area contributed by atoms with E-state index in [0.29, 0.717) is 12.6 Å². The average Bonchev–Trinajstić information content (AvgIpc) is 2.63. The molecule has 0 heterocycles. The van der Waals surface area contributed by atoms with E-state index in [4.69, 9.17) is 9.47 Å². The highest BCUT2D eigenvalue weighted by Crippen LogP contribution is 2.24. The van der Waals surface area contributed by atoms with Crippen molar-refractivity contribution in [2.75, 3.05) is 41.4 Å². The highest BCUT2D eigenvalue weighted by atomic mass is 16.5. The van der Waals surface area contributed by atoms with E-state index in [1.54, 1.807) is 21.3 Å². The molecule has 0 atom stereocenters. The van der Waals surface area contributed by atoms with Crippen LogP contribution in [0.1, 0.15) is 32.3 Å². The first kappa shape index (κ1) is 21.1. The first-order chi connectivity index (χ1) is 12.0. The Morgan fingerprint density at radius 3 is 2.52 bits per heavy atom. The number of nitrogens with one attached hydrogen (secondary N) is 2. The van der Waals surface area contributed by atoms with Crippen LogP contribution in [0.3, 0.4) is 0 Å². The van der Waals surface area contributed by atoms with Gasteiger partial charge in [-0.3, -0.25) is 4.99 Å². The summed E-state index contributed by atoms with van der Waals surface area (Å²) in [5.41, 5.74) is 1.06. The molecule has 0 fully saturated rings. The summed E-state index contributed by atoms with van der Waals surface area (Å²) in [6.07, 6.45) is 2.29. The molecule has 0 amide bonds. The van der Waals surface area contributed by atoms with Crippen LogP contribution in [0, 0.1) is 0 Å². The Morgan fingerprint density at radius 1 is 1.16 bits per heavy atom. The molecule has 0 saturated heterocycles. The molecule has 2 N–H and O–H groups in total. The molecule has 0 bridgehead atoms. The van der Waals surface area contributed by atoms with Crippen LogP contribution < -0.4 is 20.1 Å². The number of hydrogen-bond donors (Lipinski definition) is 2. The Kier molecular flexibility index (Phi) is 9.77. The molecule has 6 heteroatoms. The third-order valence-electron chi connectivity index (χ3n) is 4.28. The van der Waals surface area contributed by atoms with E-state index in [1.807, 2.05) is 18.2 Å². The third-order valence-corrected chi connectivity index (χ3v) is 4.28. The van der Waals surface area contributed by atoms with Crippen molar-refractivity contribution in [1.82, 2.24) is 15.5 Å². The molecule has 25 heavy (non-hydrogen) atoms. The summed E-state index contributed by atoms with van der Waals surface area (Å²) < 4.78 is 10.6. The smallest absolute Gasteiger partial charge is 0.191 e. The fourth-order valence-electron chi connectivity index (χ4n) is 2.35. The number of hydrogen-bond acceptors (Lipinski definition) is 4. The summed E-state index contributed by atoms with van der Waals surface area (Å²) in [5, 5.41) is 6.68. The Bertz CT molecular complexity index is 532. The summed E-state index contributed by atoms with van der Waals surface area (Å²) in [7, 11) is 7.27. The molecular weight excluding hydrogens is 316 g/mol. The lowest BCUT2D eigenvalue weighted by molar-refractivity contribution is 0.268. The van der Waals surface area contributed by atoms with Crippen LogP contribution in [0.15, 0.2) is 23.2 Å². The zero-order valence-corrected chi connectivity index (χ0v) is 16.6. The van der Waals surface area contributed by atoms with E-state index in [2.05, 4.69) is 41.4 Å². The number of nitrogens with zero attached hydrogens (tertiary/aromatic N) is 2. The lowest BCUT2D eigenvalue weighted by Gasteiger charge is -2.20. The number of benzene rings is 1. The number of unbranched alkanes of at least 4 members (excludes halogenated alkanes) is 1. The molecule has 0 saturated carbocycles. The molecule has 0 aliphatic rings. The standard InChI is InChI=1S/C19H34N4O2/c1-15(2)23(4)12-8-7-11-21-19(20-3)22-14-16-9-10-17(24-5)13-18(16)25-6/h9-10,13,15H,7-8,11-12,14H2,1-6H3,(H2,20,21,22). The maximum Gasteiger partial charge on any atom is 0.191 e. The average molecular weight is 351 g/mol. The second kappa shape index (κ2) is 11.6. The Labute approximate surface area is 152 Å². The third kappa shape index (κ3) is 7.65.